The van der Waals surface area contributed by atoms with Gasteiger partial charge in [0.2, 0.25) is 0 Å². The van der Waals surface area contributed by atoms with Crippen LogP contribution in [0, 0.1) is 12.7 Å². The van der Waals surface area contributed by atoms with Crippen molar-refractivity contribution in [1.29, 1.82) is 0 Å². The van der Waals surface area contributed by atoms with Gasteiger partial charge in [-0.25, -0.2) is 30.8 Å². The molecule has 0 aromatic heterocycles. The summed E-state index contributed by atoms with van der Waals surface area (Å²) in [6.07, 6.45) is 7.63. The summed E-state index contributed by atoms with van der Waals surface area (Å²) in [6.45, 7) is 7.36. The van der Waals surface area contributed by atoms with Crippen molar-refractivity contribution in [3.63, 3.8) is 0 Å². The van der Waals surface area contributed by atoms with E-state index >= 15 is 0 Å². The lowest BCUT2D eigenvalue weighted by atomic mass is 10.0. The van der Waals surface area contributed by atoms with Crippen molar-refractivity contribution in [2.24, 2.45) is 0 Å². The molecule has 0 saturated heterocycles. The Morgan fingerprint density at radius 3 is 1.80 bits per heavy atom. The molecule has 0 spiro atoms. The van der Waals surface area contributed by atoms with Crippen LogP contribution in [-0.2, 0) is 45.5 Å². The first-order valence-corrected chi connectivity index (χ1v) is 26.5. The zero-order chi connectivity index (χ0) is 49.8. The molecule has 0 amide bonds. The van der Waals surface area contributed by atoms with Crippen LogP contribution < -0.4 is 14.4 Å². The van der Waals surface area contributed by atoms with Crippen LogP contribution in [0.2, 0.25) is 0 Å². The molecule has 6 rings (SSSR count). The highest BCUT2D eigenvalue weighted by molar-refractivity contribution is 7.93. The number of nitrogens with zero attached hydrogens (tertiary/aromatic N) is 1. The molecule has 0 radical (unpaired) electrons. The van der Waals surface area contributed by atoms with Crippen molar-refractivity contribution in [1.82, 2.24) is 0 Å². The van der Waals surface area contributed by atoms with E-state index in [-0.39, 0.29) is 21.8 Å². The van der Waals surface area contributed by atoms with Gasteiger partial charge in [0.15, 0.2) is 9.84 Å². The van der Waals surface area contributed by atoms with Crippen molar-refractivity contribution < 1.29 is 45.8 Å². The van der Waals surface area contributed by atoms with E-state index in [4.69, 9.17) is 14.9 Å². The molecule has 0 unspecified atom stereocenters. The Labute approximate surface area is 407 Å². The maximum absolute atomic E-state index is 13.9. The minimum absolute atomic E-state index is 0.0299. The molecule has 0 fully saturated rings. The van der Waals surface area contributed by atoms with Crippen LogP contribution in [0.25, 0.3) is 0 Å². The molecule has 69 heavy (non-hydrogen) atoms. The highest BCUT2D eigenvalue weighted by Crippen LogP contribution is 2.31. The van der Waals surface area contributed by atoms with Gasteiger partial charge in [-0.1, -0.05) is 93.4 Å². The largest absolute Gasteiger partial charge is 0.494 e. The number of sulfonamides is 1. The normalized spacial score (nSPS) is 11.3. The van der Waals surface area contributed by atoms with Gasteiger partial charge >= 0.3 is 11.9 Å². The lowest BCUT2D eigenvalue weighted by Gasteiger charge is -2.27. The van der Waals surface area contributed by atoms with Gasteiger partial charge in [-0.3, -0.25) is 4.31 Å². The van der Waals surface area contributed by atoms with Crippen molar-refractivity contribution in [3.8, 4) is 5.75 Å². The molecule has 0 aliphatic rings. The Morgan fingerprint density at radius 1 is 0.638 bits per heavy atom. The zero-order valence-corrected chi connectivity index (χ0v) is 41.2. The van der Waals surface area contributed by atoms with Gasteiger partial charge in [-0.2, -0.15) is 0 Å². The monoisotopic (exact) mass is 978 g/mol. The van der Waals surface area contributed by atoms with E-state index in [2.05, 4.69) is 18.3 Å². The van der Waals surface area contributed by atoms with Crippen molar-refractivity contribution in [2.45, 2.75) is 94.8 Å². The number of hydrogen-bond acceptors (Lipinski definition) is 8. The summed E-state index contributed by atoms with van der Waals surface area (Å²) >= 11 is 0. The van der Waals surface area contributed by atoms with Gasteiger partial charge in [0.25, 0.3) is 10.0 Å². The molecule has 3 N–H and O–H groups in total. The number of para-hydroxylation sites is 2. The van der Waals surface area contributed by atoms with Gasteiger partial charge in [0, 0.05) is 18.8 Å². The molecular formula is C55H63FN2O9S2. The molecule has 0 saturated carbocycles. The standard InChI is InChI=1S/C29H35NO5S.C26H28FNO4S/c1-2-3-21-35-26-16-18-27(19-17-26)36(33,34)22-7-6-20-30-28-9-5-4-8-24(28)13-10-23-11-14-25(15-12-23)29(31)32;1-3-4-17-28(33(31,32)25-18-23(27)16-9-19(25)2)24-8-6-5-7-21(24)13-10-20-11-14-22(15-12-20)26(29)30/h4-5,8-9,11-12,14-19,30H,2-3,6-7,10,13,20-22H2,1H3,(H,31,32);5-9,11-12,14-16,18H,3-4,10,13,17H2,1-2H3,(H,29,30). The predicted octanol–water partition coefficient (Wildman–Crippen LogP) is 11.6. The third kappa shape index (κ3) is 16.0. The van der Waals surface area contributed by atoms with Crippen LogP contribution in [0.4, 0.5) is 15.8 Å². The summed E-state index contributed by atoms with van der Waals surface area (Å²) in [5, 5.41) is 21.6. The van der Waals surface area contributed by atoms with E-state index in [0.717, 1.165) is 67.0 Å². The number of aromatic carboxylic acids is 2. The quantitative estimate of drug-likeness (QED) is 0.0470. The van der Waals surface area contributed by atoms with Crippen LogP contribution in [-0.4, -0.2) is 64.4 Å². The molecule has 6 aromatic carbocycles. The van der Waals surface area contributed by atoms with Crippen molar-refractivity contribution in [3.05, 3.63) is 184 Å². The van der Waals surface area contributed by atoms with E-state index in [1.165, 1.54) is 22.0 Å². The summed E-state index contributed by atoms with van der Waals surface area (Å²) in [6, 6.07) is 39.6. The molecule has 0 heterocycles. The van der Waals surface area contributed by atoms with Crippen LogP contribution in [0.15, 0.2) is 149 Å². The zero-order valence-electron chi connectivity index (χ0n) is 39.6. The molecular weight excluding hydrogens is 916 g/mol. The fraction of sp³-hybridized carbons (Fsp3) is 0.309. The second kappa shape index (κ2) is 26.3. The Bertz CT molecular complexity index is 2820. The Balaban J connectivity index is 0.000000258. The summed E-state index contributed by atoms with van der Waals surface area (Å²) in [4.78, 5) is 22.4. The molecule has 0 bridgehead atoms. The van der Waals surface area contributed by atoms with E-state index in [1.807, 2.05) is 49.4 Å². The first kappa shape index (κ1) is 53.4. The van der Waals surface area contributed by atoms with Crippen molar-refractivity contribution >= 4 is 43.2 Å². The maximum atomic E-state index is 13.9. The number of hydrogen-bond donors (Lipinski definition) is 3. The average molecular weight is 979 g/mol. The number of unbranched alkanes of at least 4 members (excludes halogenated alkanes) is 3. The van der Waals surface area contributed by atoms with Crippen molar-refractivity contribution in [2.75, 3.05) is 35.1 Å². The molecule has 11 nitrogen and oxygen atoms in total. The average Bonchev–Trinajstić information content (AvgIpc) is 3.34. The van der Waals surface area contributed by atoms with Gasteiger partial charge in [-0.15, -0.1) is 0 Å². The van der Waals surface area contributed by atoms with Crippen LogP contribution >= 0.6 is 0 Å². The summed E-state index contributed by atoms with van der Waals surface area (Å²) in [5.41, 5.74) is 6.70. The van der Waals surface area contributed by atoms with E-state index in [9.17, 15) is 30.8 Å². The van der Waals surface area contributed by atoms with Gasteiger partial charge < -0.3 is 20.3 Å². The number of carbonyl (C=O) groups is 2. The minimum atomic E-state index is -3.97. The Morgan fingerprint density at radius 2 is 1.20 bits per heavy atom. The summed E-state index contributed by atoms with van der Waals surface area (Å²) in [5.74, 6) is -1.68. The number of benzene rings is 6. The van der Waals surface area contributed by atoms with Gasteiger partial charge in [0.1, 0.15) is 11.6 Å². The molecule has 0 aliphatic carbocycles. The third-order valence-electron chi connectivity index (χ3n) is 11.6. The maximum Gasteiger partial charge on any atom is 0.335 e. The van der Waals surface area contributed by atoms with Gasteiger partial charge in [0.05, 0.1) is 39.0 Å². The summed E-state index contributed by atoms with van der Waals surface area (Å²) in [7, 11) is -7.30. The first-order chi connectivity index (χ1) is 33.1. The van der Waals surface area contributed by atoms with E-state index in [0.29, 0.717) is 67.3 Å². The number of nitrogens with one attached hydrogen (secondary N) is 1. The first-order valence-electron chi connectivity index (χ1n) is 23.4. The second-order valence-electron chi connectivity index (χ2n) is 16.8. The number of rotatable bonds is 25. The van der Waals surface area contributed by atoms with E-state index in [1.54, 1.807) is 79.7 Å². The fourth-order valence-electron chi connectivity index (χ4n) is 7.54. The van der Waals surface area contributed by atoms with Crippen LogP contribution in [0.3, 0.4) is 0 Å². The lowest BCUT2D eigenvalue weighted by molar-refractivity contribution is 0.0686. The fourth-order valence-corrected chi connectivity index (χ4v) is 10.7. The third-order valence-corrected chi connectivity index (χ3v) is 15.4. The molecule has 0 atom stereocenters. The number of sulfone groups is 1. The van der Waals surface area contributed by atoms with E-state index < -0.39 is 37.6 Å². The topological polar surface area (TPSA) is 167 Å². The second-order valence-corrected chi connectivity index (χ2v) is 20.7. The minimum Gasteiger partial charge on any atom is -0.494 e. The number of carboxylic acid groups (broad SMARTS) is 2. The molecule has 6 aromatic rings. The Kier molecular flexibility index (Phi) is 20.4. The highest BCUT2D eigenvalue weighted by atomic mass is 32.2. The number of ether oxygens (including phenoxy) is 1. The predicted molar refractivity (Wildman–Crippen MR) is 272 cm³/mol. The lowest BCUT2D eigenvalue weighted by Crippen LogP contribution is -2.33. The summed E-state index contributed by atoms with van der Waals surface area (Å²) < 4.78 is 73.6. The smallest absolute Gasteiger partial charge is 0.335 e. The van der Waals surface area contributed by atoms with Crippen LogP contribution in [0.1, 0.15) is 101 Å². The van der Waals surface area contributed by atoms with Gasteiger partial charge in [-0.05, 0) is 159 Å². The molecule has 14 heteroatoms. The number of halogens is 1. The van der Waals surface area contributed by atoms with Crippen LogP contribution in [0.5, 0.6) is 5.75 Å². The number of aryl methyl sites for hydroxylation is 5. The SMILES string of the molecule is CCCCN(c1ccccc1CCc1ccc(C(=O)O)cc1)S(=O)(=O)c1cc(F)ccc1C.CCCCOc1ccc(S(=O)(=O)CCCCNc2ccccc2CCc2ccc(C(=O)O)cc2)cc1. The Hall–Kier alpha value is -6.51. The number of carboxylic acids is 2. The highest BCUT2D eigenvalue weighted by Gasteiger charge is 2.28. The molecule has 0 aliphatic heterocycles. The molecule has 366 valence electrons. The number of anilines is 2.